The van der Waals surface area contributed by atoms with Crippen LogP contribution in [0.1, 0.15) is 72.8 Å². The molecule has 0 bridgehead atoms. The molecule has 2 heterocycles. The van der Waals surface area contributed by atoms with Crippen LogP contribution in [0, 0.1) is 33.5 Å². The third kappa shape index (κ3) is 2.75. The number of carbonyl (C=O) groups excluding carboxylic acids is 4. The Morgan fingerprint density at radius 1 is 1.03 bits per heavy atom. The maximum Gasteiger partial charge on any atom is 0.302 e. The van der Waals surface area contributed by atoms with E-state index in [4.69, 9.17) is 18.6 Å². The second kappa shape index (κ2) is 7.46. The molecule has 0 N–H and O–H groups in total. The van der Waals surface area contributed by atoms with E-state index in [1.807, 2.05) is 33.8 Å². The van der Waals surface area contributed by atoms with Gasteiger partial charge in [-0.1, -0.05) is 40.7 Å². The largest absolute Gasteiger partial charge is 0.472 e. The lowest BCUT2D eigenvalue weighted by Gasteiger charge is -2.68. The molecule has 1 spiro atoms. The molecule has 0 unspecified atom stereocenters. The maximum absolute atomic E-state index is 14.0. The van der Waals surface area contributed by atoms with Gasteiger partial charge >= 0.3 is 11.9 Å². The summed E-state index contributed by atoms with van der Waals surface area (Å²) in [6.07, 6.45) is 5.67. The zero-order valence-corrected chi connectivity index (χ0v) is 23.0. The zero-order chi connectivity index (χ0) is 27.6. The minimum absolute atomic E-state index is 0.0182. The van der Waals surface area contributed by atoms with Crippen LogP contribution in [0.2, 0.25) is 0 Å². The molecule has 1 aromatic rings. The molecule has 1 aromatic heterocycles. The molecule has 204 valence electrons. The molecule has 0 radical (unpaired) electrons. The molecule has 8 heteroatoms. The summed E-state index contributed by atoms with van der Waals surface area (Å²) in [5, 5.41) is 0. The number of hydrogen-bond acceptors (Lipinski definition) is 8. The van der Waals surface area contributed by atoms with E-state index >= 15 is 0 Å². The van der Waals surface area contributed by atoms with Crippen LogP contribution in [0.4, 0.5) is 0 Å². The summed E-state index contributed by atoms with van der Waals surface area (Å²) >= 11 is 0. The predicted octanol–water partition coefficient (Wildman–Crippen LogP) is 4.17. The molecular weight excluding hydrogens is 488 g/mol. The van der Waals surface area contributed by atoms with Crippen molar-refractivity contribution in [3.05, 3.63) is 36.3 Å². The fourth-order valence-corrected chi connectivity index (χ4v) is 9.99. The zero-order valence-electron chi connectivity index (χ0n) is 23.0. The molecule has 1 aliphatic heterocycles. The Bertz CT molecular complexity index is 1280. The summed E-state index contributed by atoms with van der Waals surface area (Å²) in [6.45, 7) is 12.8. The van der Waals surface area contributed by atoms with Crippen molar-refractivity contribution in [2.24, 2.45) is 33.5 Å². The van der Waals surface area contributed by atoms with Gasteiger partial charge in [0.05, 0.1) is 18.4 Å². The number of allylic oxidation sites excluding steroid dienone is 2. The third-order valence-electron chi connectivity index (χ3n) is 11.2. The number of furan rings is 1. The topological polar surface area (TPSA) is 112 Å². The first kappa shape index (κ1) is 25.5. The fraction of sp³-hybridized carbons (Fsp3) is 0.667. The standard InChI is InChI=1S/C30H36O8/c1-15(31)36-18-13-28(6)22(17-9-11-35-14-17)23(34)25-30(28,38-25)29(7)21(37-16(2)32)12-19-26(3,4)20(33)8-10-27(19,5)24(18)29/h8-11,14,18-19,21-22,24-25H,12-13H2,1-7H3/t18-,19-,21+,22+,24+,25+,27-,28-,29+,30+/m0/s1. The Balaban J connectivity index is 1.61. The Morgan fingerprint density at radius 2 is 1.71 bits per heavy atom. The van der Waals surface area contributed by atoms with Crippen molar-refractivity contribution in [1.82, 2.24) is 0 Å². The molecular formula is C30H36O8. The Labute approximate surface area is 222 Å². The van der Waals surface area contributed by atoms with Crippen molar-refractivity contribution >= 4 is 23.5 Å². The van der Waals surface area contributed by atoms with Crippen LogP contribution < -0.4 is 0 Å². The second-order valence-corrected chi connectivity index (χ2v) is 13.3. The van der Waals surface area contributed by atoms with Crippen LogP contribution in [0.3, 0.4) is 0 Å². The van der Waals surface area contributed by atoms with E-state index in [-0.39, 0.29) is 23.4 Å². The first-order valence-corrected chi connectivity index (χ1v) is 13.5. The lowest BCUT2D eigenvalue weighted by Crippen LogP contribution is -2.73. The van der Waals surface area contributed by atoms with Crippen LogP contribution in [0.5, 0.6) is 0 Å². The minimum Gasteiger partial charge on any atom is -0.472 e. The van der Waals surface area contributed by atoms with Gasteiger partial charge in [0, 0.05) is 41.6 Å². The minimum atomic E-state index is -0.937. The van der Waals surface area contributed by atoms with E-state index in [2.05, 4.69) is 6.92 Å². The van der Waals surface area contributed by atoms with Crippen LogP contribution in [0.15, 0.2) is 35.2 Å². The van der Waals surface area contributed by atoms with Gasteiger partial charge in [0.2, 0.25) is 0 Å². The van der Waals surface area contributed by atoms with E-state index in [0.29, 0.717) is 12.8 Å². The molecule has 4 aliphatic carbocycles. The van der Waals surface area contributed by atoms with Crippen molar-refractivity contribution in [1.29, 1.82) is 0 Å². The highest BCUT2D eigenvalue weighted by atomic mass is 16.6. The summed E-state index contributed by atoms with van der Waals surface area (Å²) in [5.41, 5.74) is -3.13. The smallest absolute Gasteiger partial charge is 0.302 e. The van der Waals surface area contributed by atoms with Crippen molar-refractivity contribution in [2.45, 2.75) is 91.1 Å². The molecule has 5 aliphatic rings. The number of carbonyl (C=O) groups is 4. The number of epoxide rings is 1. The van der Waals surface area contributed by atoms with Crippen molar-refractivity contribution in [3.63, 3.8) is 0 Å². The number of Topliss-reactive ketones (excluding diaryl/α,β-unsaturated/α-hetero) is 1. The third-order valence-corrected chi connectivity index (χ3v) is 11.2. The van der Waals surface area contributed by atoms with Crippen LogP contribution in [-0.2, 0) is 33.4 Å². The summed E-state index contributed by atoms with van der Waals surface area (Å²) in [5.74, 6) is -1.94. The van der Waals surface area contributed by atoms with Crippen LogP contribution in [0.25, 0.3) is 0 Å². The maximum atomic E-state index is 14.0. The lowest BCUT2D eigenvalue weighted by atomic mass is 9.36. The van der Waals surface area contributed by atoms with E-state index < -0.39 is 63.4 Å². The normalized spacial score (nSPS) is 47.9. The van der Waals surface area contributed by atoms with Gasteiger partial charge in [0.1, 0.15) is 23.9 Å². The van der Waals surface area contributed by atoms with Gasteiger partial charge in [-0.15, -0.1) is 0 Å². The van der Waals surface area contributed by atoms with Gasteiger partial charge < -0.3 is 18.6 Å². The Kier molecular flexibility index (Phi) is 5.01. The van der Waals surface area contributed by atoms with Gasteiger partial charge in [-0.2, -0.15) is 0 Å². The van der Waals surface area contributed by atoms with Crippen LogP contribution >= 0.6 is 0 Å². The number of fused-ring (bicyclic) bond motifs is 3. The van der Waals surface area contributed by atoms with Crippen molar-refractivity contribution < 1.29 is 37.8 Å². The summed E-state index contributed by atoms with van der Waals surface area (Å²) in [7, 11) is 0. The molecule has 0 amide bonds. The Morgan fingerprint density at radius 3 is 2.32 bits per heavy atom. The highest BCUT2D eigenvalue weighted by Gasteiger charge is 2.91. The number of hydrogen-bond donors (Lipinski definition) is 0. The van der Waals surface area contributed by atoms with E-state index in [0.717, 1.165) is 5.56 Å². The van der Waals surface area contributed by atoms with Gasteiger partial charge in [0.15, 0.2) is 11.6 Å². The van der Waals surface area contributed by atoms with Gasteiger partial charge in [-0.05, 0) is 36.3 Å². The second-order valence-electron chi connectivity index (χ2n) is 13.3. The van der Waals surface area contributed by atoms with Crippen LogP contribution in [-0.4, -0.2) is 47.4 Å². The summed E-state index contributed by atoms with van der Waals surface area (Å²) in [4.78, 5) is 52.2. The molecule has 0 aromatic carbocycles. The number of ketones is 2. The van der Waals surface area contributed by atoms with Gasteiger partial charge in [-0.25, -0.2) is 0 Å². The predicted molar refractivity (Wildman–Crippen MR) is 134 cm³/mol. The van der Waals surface area contributed by atoms with Crippen molar-refractivity contribution in [2.75, 3.05) is 0 Å². The average Bonchev–Trinajstić information content (AvgIpc) is 3.30. The van der Waals surface area contributed by atoms with E-state index in [9.17, 15) is 19.2 Å². The van der Waals surface area contributed by atoms with E-state index in [1.54, 1.807) is 24.7 Å². The number of rotatable bonds is 3. The van der Waals surface area contributed by atoms with E-state index in [1.165, 1.54) is 13.8 Å². The first-order chi connectivity index (χ1) is 17.7. The molecule has 3 saturated carbocycles. The molecule has 10 atom stereocenters. The molecule has 8 nitrogen and oxygen atoms in total. The molecule has 1 saturated heterocycles. The molecule has 6 rings (SSSR count). The molecule has 4 fully saturated rings. The quantitative estimate of drug-likeness (QED) is 0.428. The Hall–Kier alpha value is -2.74. The average molecular weight is 525 g/mol. The SMILES string of the molecule is CC(=O)O[C@H]1C[C@@]2(C)[C@H](c3ccoc3)C(=O)[C@H]3O[C@]32[C@@]2(C)[C@H]1[C@@]1(C)C=CC(=O)C(C)(C)[C@@H]1C[C@H]2OC(C)=O. The summed E-state index contributed by atoms with van der Waals surface area (Å²) in [6, 6.07) is 1.81. The molecule has 38 heavy (non-hydrogen) atoms. The lowest BCUT2D eigenvalue weighted by molar-refractivity contribution is -0.263. The number of esters is 2. The highest BCUT2D eigenvalue weighted by Crippen LogP contribution is 2.81. The van der Waals surface area contributed by atoms with Crippen molar-refractivity contribution in [3.8, 4) is 0 Å². The number of ether oxygens (including phenoxy) is 3. The fourth-order valence-electron chi connectivity index (χ4n) is 9.99. The summed E-state index contributed by atoms with van der Waals surface area (Å²) < 4.78 is 24.2. The first-order valence-electron chi connectivity index (χ1n) is 13.5. The van der Waals surface area contributed by atoms with Gasteiger partial charge in [-0.3, -0.25) is 19.2 Å². The highest BCUT2D eigenvalue weighted by molar-refractivity contribution is 5.99. The van der Waals surface area contributed by atoms with Gasteiger partial charge in [0.25, 0.3) is 0 Å². The monoisotopic (exact) mass is 524 g/mol.